The number of aromatic hydroxyl groups is 2. The van der Waals surface area contributed by atoms with E-state index in [9.17, 15) is 0 Å². The van der Waals surface area contributed by atoms with Gasteiger partial charge < -0.3 is 10.2 Å². The standard InChI is InChI=1S/C6H6O2.CH2Cl2/c7-5-2-1-3-6(8)4-5;2-1-3/h1-4,7-8H;1H2. The zero-order chi connectivity index (χ0) is 8.69. The number of hydrogen-bond acceptors (Lipinski definition) is 2. The fourth-order valence-electron chi connectivity index (χ4n) is 0.493. The molecule has 0 saturated heterocycles. The first kappa shape index (κ1) is 10.4. The largest absolute Gasteiger partial charge is 0.508 e. The van der Waals surface area contributed by atoms with Gasteiger partial charge in [0.2, 0.25) is 0 Å². The smallest absolute Gasteiger partial charge is 0.119 e. The summed E-state index contributed by atoms with van der Waals surface area (Å²) in [6, 6.07) is 5.85. The van der Waals surface area contributed by atoms with Gasteiger partial charge in [-0.2, -0.15) is 0 Å². The average Bonchev–Trinajstić information content (AvgIpc) is 1.88. The lowest BCUT2D eigenvalue weighted by Gasteiger charge is -1.89. The van der Waals surface area contributed by atoms with E-state index in [0.29, 0.717) is 0 Å². The highest BCUT2D eigenvalue weighted by atomic mass is 35.5. The molecule has 1 aromatic carbocycles. The van der Waals surface area contributed by atoms with Crippen LogP contribution in [-0.2, 0) is 0 Å². The Kier molecular flexibility index (Phi) is 5.80. The second kappa shape index (κ2) is 6.13. The molecule has 0 aromatic heterocycles. The van der Waals surface area contributed by atoms with Gasteiger partial charge in [0.05, 0.1) is 5.34 Å². The molecule has 0 radical (unpaired) electrons. The second-order valence-electron chi connectivity index (χ2n) is 1.62. The quantitative estimate of drug-likeness (QED) is 0.624. The van der Waals surface area contributed by atoms with Crippen LogP contribution in [0, 0.1) is 0 Å². The molecule has 0 heterocycles. The van der Waals surface area contributed by atoms with E-state index in [0.717, 1.165) is 0 Å². The summed E-state index contributed by atoms with van der Waals surface area (Å²) in [6.07, 6.45) is 0. The Morgan fingerprint density at radius 2 is 1.45 bits per heavy atom. The summed E-state index contributed by atoms with van der Waals surface area (Å²) in [5.74, 6) is 0.176. The molecule has 0 bridgehead atoms. The van der Waals surface area contributed by atoms with Crippen LogP contribution in [0.25, 0.3) is 0 Å². The van der Waals surface area contributed by atoms with Crippen LogP contribution >= 0.6 is 23.2 Å². The molecule has 1 rings (SSSR count). The third-order valence-electron chi connectivity index (χ3n) is 0.830. The van der Waals surface area contributed by atoms with Gasteiger partial charge in [0.1, 0.15) is 11.5 Å². The maximum absolute atomic E-state index is 8.65. The van der Waals surface area contributed by atoms with Crippen LogP contribution < -0.4 is 0 Å². The normalized spacial score (nSPS) is 8.18. The summed E-state index contributed by atoms with van der Waals surface area (Å²) >= 11 is 9.53. The first-order valence-electron chi connectivity index (χ1n) is 2.80. The fraction of sp³-hybridized carbons (Fsp3) is 0.143. The highest BCUT2D eigenvalue weighted by Gasteiger charge is 1.85. The number of phenolic OH excluding ortho intramolecular Hbond substituents is 2. The van der Waals surface area contributed by atoms with E-state index in [-0.39, 0.29) is 16.8 Å². The van der Waals surface area contributed by atoms with Crippen molar-refractivity contribution in [3.05, 3.63) is 24.3 Å². The van der Waals surface area contributed by atoms with E-state index >= 15 is 0 Å². The maximum atomic E-state index is 8.65. The summed E-state index contributed by atoms with van der Waals surface area (Å²) in [6.45, 7) is 0. The van der Waals surface area contributed by atoms with Crippen LogP contribution in [0.2, 0.25) is 0 Å². The van der Waals surface area contributed by atoms with Crippen LogP contribution in [0.15, 0.2) is 24.3 Å². The van der Waals surface area contributed by atoms with Crippen LogP contribution in [0.1, 0.15) is 0 Å². The van der Waals surface area contributed by atoms with Crippen molar-refractivity contribution >= 4 is 23.2 Å². The summed E-state index contributed by atoms with van der Waals surface area (Å²) in [5.41, 5.74) is 0. The minimum absolute atomic E-state index is 0.0880. The Labute approximate surface area is 75.0 Å². The highest BCUT2D eigenvalue weighted by molar-refractivity contribution is 6.40. The predicted molar refractivity (Wildman–Crippen MR) is 46.3 cm³/mol. The summed E-state index contributed by atoms with van der Waals surface area (Å²) in [7, 11) is 0. The molecular weight excluding hydrogens is 187 g/mol. The van der Waals surface area contributed by atoms with Gasteiger partial charge in [-0.05, 0) is 12.1 Å². The lowest BCUT2D eigenvalue weighted by atomic mass is 10.3. The third-order valence-corrected chi connectivity index (χ3v) is 0.830. The molecule has 0 spiro atoms. The van der Waals surface area contributed by atoms with Crippen LogP contribution in [0.3, 0.4) is 0 Å². The number of rotatable bonds is 0. The van der Waals surface area contributed by atoms with Crippen molar-refractivity contribution in [3.8, 4) is 11.5 Å². The average molecular weight is 195 g/mol. The first-order chi connectivity index (χ1) is 5.20. The molecule has 0 fully saturated rings. The van der Waals surface area contributed by atoms with Gasteiger partial charge >= 0.3 is 0 Å². The van der Waals surface area contributed by atoms with Crippen molar-refractivity contribution < 1.29 is 10.2 Å². The van der Waals surface area contributed by atoms with Crippen LogP contribution in [0.5, 0.6) is 11.5 Å². The van der Waals surface area contributed by atoms with E-state index in [1.54, 1.807) is 6.07 Å². The number of benzene rings is 1. The van der Waals surface area contributed by atoms with Crippen LogP contribution in [0.4, 0.5) is 0 Å². The number of alkyl halides is 2. The molecule has 62 valence electrons. The molecule has 0 saturated carbocycles. The van der Waals surface area contributed by atoms with Gasteiger partial charge in [0.15, 0.2) is 0 Å². The second-order valence-corrected chi connectivity index (χ2v) is 2.43. The lowest BCUT2D eigenvalue weighted by Crippen LogP contribution is -1.61. The van der Waals surface area contributed by atoms with Crippen LogP contribution in [-0.4, -0.2) is 15.6 Å². The molecule has 1 aromatic rings. The molecular formula is C7H8Cl2O2. The number of phenols is 2. The van der Waals surface area contributed by atoms with Gasteiger partial charge in [-0.15, -0.1) is 23.2 Å². The first-order valence-corrected chi connectivity index (χ1v) is 3.87. The zero-order valence-electron chi connectivity index (χ0n) is 5.67. The molecule has 11 heavy (non-hydrogen) atoms. The van der Waals surface area contributed by atoms with Crippen molar-refractivity contribution in [3.63, 3.8) is 0 Å². The Morgan fingerprint density at radius 1 is 1.09 bits per heavy atom. The minimum Gasteiger partial charge on any atom is -0.508 e. The Balaban J connectivity index is 0.000000292. The lowest BCUT2D eigenvalue weighted by molar-refractivity contribution is 0.450. The number of halogens is 2. The monoisotopic (exact) mass is 194 g/mol. The molecule has 4 heteroatoms. The SMILES string of the molecule is ClCCl.Oc1cccc(O)c1. The van der Waals surface area contributed by atoms with E-state index in [4.69, 9.17) is 33.4 Å². The van der Waals surface area contributed by atoms with Gasteiger partial charge in [0.25, 0.3) is 0 Å². The highest BCUT2D eigenvalue weighted by Crippen LogP contribution is 2.14. The van der Waals surface area contributed by atoms with E-state index in [1.807, 2.05) is 0 Å². The molecule has 0 aliphatic rings. The molecule has 2 nitrogen and oxygen atoms in total. The Hall–Kier alpha value is -0.600. The van der Waals surface area contributed by atoms with Gasteiger partial charge in [-0.1, -0.05) is 6.07 Å². The summed E-state index contributed by atoms with van der Waals surface area (Å²) in [5, 5.41) is 17.5. The topological polar surface area (TPSA) is 40.5 Å². The van der Waals surface area contributed by atoms with Gasteiger partial charge in [-0.3, -0.25) is 0 Å². The van der Waals surface area contributed by atoms with Crippen molar-refractivity contribution in [2.75, 3.05) is 5.34 Å². The van der Waals surface area contributed by atoms with E-state index < -0.39 is 0 Å². The summed E-state index contributed by atoms with van der Waals surface area (Å²) < 4.78 is 0. The zero-order valence-corrected chi connectivity index (χ0v) is 7.18. The maximum Gasteiger partial charge on any atom is 0.119 e. The number of hydrogen-bond donors (Lipinski definition) is 2. The van der Waals surface area contributed by atoms with Gasteiger partial charge in [-0.25, -0.2) is 0 Å². The molecule has 0 aliphatic heterocycles. The summed E-state index contributed by atoms with van der Waals surface area (Å²) in [4.78, 5) is 0. The molecule has 0 amide bonds. The third kappa shape index (κ3) is 5.83. The Morgan fingerprint density at radius 3 is 1.64 bits per heavy atom. The van der Waals surface area contributed by atoms with Crippen molar-refractivity contribution in [2.24, 2.45) is 0 Å². The van der Waals surface area contributed by atoms with Crippen molar-refractivity contribution in [2.45, 2.75) is 0 Å². The van der Waals surface area contributed by atoms with Crippen molar-refractivity contribution in [1.82, 2.24) is 0 Å². The molecule has 0 unspecified atom stereocenters. The Bertz CT molecular complexity index is 186. The van der Waals surface area contributed by atoms with Crippen molar-refractivity contribution in [1.29, 1.82) is 0 Å². The minimum atomic E-state index is 0.0880. The molecule has 0 aliphatic carbocycles. The molecule has 0 atom stereocenters. The fourth-order valence-corrected chi connectivity index (χ4v) is 0.493. The molecule has 2 N–H and O–H groups in total. The predicted octanol–water partition coefficient (Wildman–Crippen LogP) is 2.52. The van der Waals surface area contributed by atoms with Gasteiger partial charge in [0, 0.05) is 6.07 Å². The van der Waals surface area contributed by atoms with E-state index in [1.165, 1.54) is 18.2 Å². The van der Waals surface area contributed by atoms with E-state index in [2.05, 4.69) is 0 Å².